The summed E-state index contributed by atoms with van der Waals surface area (Å²) in [6.45, 7) is 5.40. The molecular formula is C15H18F3N3. The smallest absolute Gasteiger partial charge is 0.310 e. The average Bonchev–Trinajstić information content (AvgIpc) is 2.87. The number of hydrogen-bond acceptors (Lipinski definition) is 2. The van der Waals surface area contributed by atoms with Crippen molar-refractivity contribution in [1.82, 2.24) is 15.1 Å². The van der Waals surface area contributed by atoms with Gasteiger partial charge in [-0.05, 0) is 31.2 Å². The van der Waals surface area contributed by atoms with Gasteiger partial charge in [-0.2, -0.15) is 18.3 Å². The lowest BCUT2D eigenvalue weighted by Crippen LogP contribution is -2.17. The molecule has 0 radical (unpaired) electrons. The Morgan fingerprint density at radius 1 is 1.24 bits per heavy atom. The van der Waals surface area contributed by atoms with Gasteiger partial charge in [-0.15, -0.1) is 0 Å². The highest BCUT2D eigenvalue weighted by atomic mass is 19.4. The fourth-order valence-electron chi connectivity index (χ4n) is 2.10. The number of rotatable bonds is 5. The van der Waals surface area contributed by atoms with E-state index >= 15 is 0 Å². The van der Waals surface area contributed by atoms with Crippen molar-refractivity contribution < 1.29 is 13.2 Å². The summed E-state index contributed by atoms with van der Waals surface area (Å²) in [6, 6.07) is 5.37. The highest BCUT2D eigenvalue weighted by Crippen LogP contribution is 2.29. The summed E-state index contributed by atoms with van der Waals surface area (Å²) in [5, 5.41) is 7.53. The topological polar surface area (TPSA) is 29.9 Å². The molecule has 0 bridgehead atoms. The Hall–Kier alpha value is -1.82. The van der Waals surface area contributed by atoms with Crippen LogP contribution in [0.3, 0.4) is 0 Å². The monoisotopic (exact) mass is 297 g/mol. The maximum Gasteiger partial charge on any atom is 0.416 e. The van der Waals surface area contributed by atoms with E-state index in [2.05, 4.69) is 10.4 Å². The largest absolute Gasteiger partial charge is 0.416 e. The maximum atomic E-state index is 12.5. The zero-order chi connectivity index (χ0) is 15.5. The van der Waals surface area contributed by atoms with Crippen LogP contribution in [-0.4, -0.2) is 16.3 Å². The molecule has 2 aromatic rings. The van der Waals surface area contributed by atoms with Gasteiger partial charge in [-0.3, -0.25) is 4.68 Å². The van der Waals surface area contributed by atoms with E-state index in [0.29, 0.717) is 6.54 Å². The van der Waals surface area contributed by atoms with Gasteiger partial charge in [0.05, 0.1) is 18.3 Å². The molecule has 1 atom stereocenters. The fraction of sp³-hybridized carbons (Fsp3) is 0.400. The molecule has 6 heteroatoms. The molecule has 3 nitrogen and oxygen atoms in total. The first-order valence-electron chi connectivity index (χ1n) is 6.82. The zero-order valence-corrected chi connectivity index (χ0v) is 12.0. The van der Waals surface area contributed by atoms with Gasteiger partial charge in [0.25, 0.3) is 0 Å². The van der Waals surface area contributed by atoms with Crippen molar-refractivity contribution >= 4 is 0 Å². The summed E-state index contributed by atoms with van der Waals surface area (Å²) in [7, 11) is 0. The minimum Gasteiger partial charge on any atom is -0.310 e. The molecule has 1 heterocycles. The standard InChI is InChI=1S/C15H18F3N3/c1-3-19-11(2)13-8-20-21(10-13)9-12-4-6-14(7-5-12)15(16,17)18/h4-8,10-11,19H,3,9H2,1-2H3. The summed E-state index contributed by atoms with van der Waals surface area (Å²) in [5.41, 5.74) is 1.21. The van der Waals surface area contributed by atoms with E-state index in [9.17, 15) is 13.2 Å². The summed E-state index contributed by atoms with van der Waals surface area (Å²) >= 11 is 0. The van der Waals surface area contributed by atoms with Crippen LogP contribution >= 0.6 is 0 Å². The van der Waals surface area contributed by atoms with Gasteiger partial charge in [0.1, 0.15) is 0 Å². The Kier molecular flexibility index (Phi) is 4.67. The van der Waals surface area contributed by atoms with Crippen LogP contribution in [0.5, 0.6) is 0 Å². The molecular weight excluding hydrogens is 279 g/mol. The van der Waals surface area contributed by atoms with Crippen LogP contribution in [0.1, 0.15) is 36.6 Å². The third-order valence-corrected chi connectivity index (χ3v) is 3.29. The highest BCUT2D eigenvalue weighted by Gasteiger charge is 2.29. The van der Waals surface area contributed by atoms with E-state index in [0.717, 1.165) is 29.8 Å². The van der Waals surface area contributed by atoms with Crippen molar-refractivity contribution in [3.63, 3.8) is 0 Å². The first-order chi connectivity index (χ1) is 9.90. The number of alkyl halides is 3. The second kappa shape index (κ2) is 6.30. The first-order valence-corrected chi connectivity index (χ1v) is 6.82. The molecule has 0 spiro atoms. The van der Waals surface area contributed by atoms with E-state index in [1.54, 1.807) is 10.9 Å². The Bertz CT molecular complexity index is 573. The number of hydrogen-bond donors (Lipinski definition) is 1. The third-order valence-electron chi connectivity index (χ3n) is 3.29. The average molecular weight is 297 g/mol. The van der Waals surface area contributed by atoms with Gasteiger partial charge >= 0.3 is 6.18 Å². The Labute approximate surface area is 121 Å². The fourth-order valence-corrected chi connectivity index (χ4v) is 2.10. The van der Waals surface area contributed by atoms with E-state index in [1.807, 2.05) is 20.0 Å². The van der Waals surface area contributed by atoms with Crippen molar-refractivity contribution in [2.75, 3.05) is 6.54 Å². The molecule has 21 heavy (non-hydrogen) atoms. The van der Waals surface area contributed by atoms with Crippen LogP contribution in [0.4, 0.5) is 13.2 Å². The third kappa shape index (κ3) is 4.07. The molecule has 1 aromatic heterocycles. The van der Waals surface area contributed by atoms with Crippen LogP contribution in [-0.2, 0) is 12.7 Å². The molecule has 0 aliphatic carbocycles. The summed E-state index contributed by atoms with van der Waals surface area (Å²) < 4.78 is 39.2. The predicted octanol–water partition coefficient (Wildman–Crippen LogP) is 3.62. The van der Waals surface area contributed by atoms with Gasteiger partial charge in [-0.1, -0.05) is 19.1 Å². The second-order valence-corrected chi connectivity index (χ2v) is 4.95. The van der Waals surface area contributed by atoms with Crippen molar-refractivity contribution in [3.05, 3.63) is 53.3 Å². The molecule has 2 rings (SSSR count). The number of benzene rings is 1. The van der Waals surface area contributed by atoms with Gasteiger partial charge in [0.2, 0.25) is 0 Å². The molecule has 0 aliphatic rings. The van der Waals surface area contributed by atoms with Crippen LogP contribution in [0, 0.1) is 0 Å². The number of halogens is 3. The SMILES string of the molecule is CCNC(C)c1cnn(Cc2ccc(C(F)(F)F)cc2)c1. The minimum absolute atomic E-state index is 0.205. The first kappa shape index (κ1) is 15.6. The Morgan fingerprint density at radius 3 is 2.48 bits per heavy atom. The molecule has 1 unspecified atom stereocenters. The molecule has 1 aromatic carbocycles. The van der Waals surface area contributed by atoms with Crippen LogP contribution < -0.4 is 5.32 Å². The lowest BCUT2D eigenvalue weighted by Gasteiger charge is -2.09. The van der Waals surface area contributed by atoms with Gasteiger partial charge in [0.15, 0.2) is 0 Å². The lowest BCUT2D eigenvalue weighted by atomic mass is 10.1. The number of nitrogens with zero attached hydrogens (tertiary/aromatic N) is 2. The highest BCUT2D eigenvalue weighted by molar-refractivity contribution is 5.25. The second-order valence-electron chi connectivity index (χ2n) is 4.95. The lowest BCUT2D eigenvalue weighted by molar-refractivity contribution is -0.137. The van der Waals surface area contributed by atoms with Crippen molar-refractivity contribution in [3.8, 4) is 0 Å². The van der Waals surface area contributed by atoms with E-state index in [1.165, 1.54) is 12.1 Å². The van der Waals surface area contributed by atoms with Gasteiger partial charge in [-0.25, -0.2) is 0 Å². The van der Waals surface area contributed by atoms with E-state index in [-0.39, 0.29) is 6.04 Å². The molecule has 0 saturated carbocycles. The maximum absolute atomic E-state index is 12.5. The summed E-state index contributed by atoms with van der Waals surface area (Å²) in [4.78, 5) is 0. The van der Waals surface area contributed by atoms with E-state index < -0.39 is 11.7 Å². The molecule has 0 amide bonds. The van der Waals surface area contributed by atoms with Crippen molar-refractivity contribution in [1.29, 1.82) is 0 Å². The molecule has 1 N–H and O–H groups in total. The molecule has 0 aliphatic heterocycles. The quantitative estimate of drug-likeness (QED) is 0.913. The van der Waals surface area contributed by atoms with Gasteiger partial charge < -0.3 is 5.32 Å². The van der Waals surface area contributed by atoms with Crippen molar-refractivity contribution in [2.24, 2.45) is 0 Å². The predicted molar refractivity (Wildman–Crippen MR) is 74.9 cm³/mol. The number of nitrogens with one attached hydrogen (secondary N) is 1. The zero-order valence-electron chi connectivity index (χ0n) is 12.0. The van der Waals surface area contributed by atoms with E-state index in [4.69, 9.17) is 0 Å². The number of aromatic nitrogens is 2. The van der Waals surface area contributed by atoms with Crippen LogP contribution in [0.25, 0.3) is 0 Å². The van der Waals surface area contributed by atoms with Crippen LogP contribution in [0.15, 0.2) is 36.7 Å². The van der Waals surface area contributed by atoms with Gasteiger partial charge in [0, 0.05) is 17.8 Å². The Morgan fingerprint density at radius 2 is 1.90 bits per heavy atom. The summed E-state index contributed by atoms with van der Waals surface area (Å²) in [5.74, 6) is 0. The molecule has 0 saturated heterocycles. The minimum atomic E-state index is -4.29. The normalized spacial score (nSPS) is 13.4. The summed E-state index contributed by atoms with van der Waals surface area (Å²) in [6.07, 6.45) is -0.610. The molecule has 0 fully saturated rings. The molecule has 114 valence electrons. The van der Waals surface area contributed by atoms with Crippen molar-refractivity contribution in [2.45, 2.75) is 32.6 Å². The Balaban J connectivity index is 2.05. The van der Waals surface area contributed by atoms with Crippen LogP contribution in [0.2, 0.25) is 0 Å².